The van der Waals surface area contributed by atoms with E-state index in [1.165, 1.54) is 0 Å². The first-order chi connectivity index (χ1) is 10.1. The zero-order valence-electron chi connectivity index (χ0n) is 13.0. The molecule has 1 heterocycles. The van der Waals surface area contributed by atoms with Crippen molar-refractivity contribution in [2.24, 2.45) is 0 Å². The molecule has 0 spiro atoms. The number of rotatable bonds is 7. The lowest BCUT2D eigenvalue weighted by molar-refractivity contribution is -0.150. The zero-order valence-corrected chi connectivity index (χ0v) is 13.0. The van der Waals surface area contributed by atoms with Gasteiger partial charge in [-0.3, -0.25) is 9.69 Å². The van der Waals surface area contributed by atoms with Gasteiger partial charge in [-0.15, -0.1) is 0 Å². The summed E-state index contributed by atoms with van der Waals surface area (Å²) in [4.78, 5) is 13.8. The summed E-state index contributed by atoms with van der Waals surface area (Å²) in [5.74, 6) is 0.187. The zero-order chi connectivity index (χ0) is 15.3. The van der Waals surface area contributed by atoms with Crippen LogP contribution in [0.1, 0.15) is 45.1 Å². The highest BCUT2D eigenvalue weighted by Crippen LogP contribution is 2.34. The van der Waals surface area contributed by atoms with E-state index in [2.05, 4.69) is 11.8 Å². The molecule has 4 heteroatoms. The van der Waals surface area contributed by atoms with Crippen molar-refractivity contribution >= 4 is 5.97 Å². The van der Waals surface area contributed by atoms with E-state index in [0.29, 0.717) is 13.0 Å². The molecule has 1 aliphatic heterocycles. The first-order valence-electron chi connectivity index (χ1n) is 7.82. The minimum atomic E-state index is -0.689. The Labute approximate surface area is 126 Å². The Bertz CT molecular complexity index is 471. The van der Waals surface area contributed by atoms with Crippen LogP contribution in [0.5, 0.6) is 5.75 Å². The number of carbonyl (C=O) groups is 1. The van der Waals surface area contributed by atoms with E-state index in [0.717, 1.165) is 43.7 Å². The Kier molecular flexibility index (Phi) is 5.23. The normalized spacial score (nSPS) is 22.4. The summed E-state index contributed by atoms with van der Waals surface area (Å²) >= 11 is 0. The monoisotopic (exact) mass is 291 g/mol. The molecule has 1 unspecified atom stereocenters. The predicted octanol–water partition coefficient (Wildman–Crippen LogP) is 3.30. The third-order valence-corrected chi connectivity index (χ3v) is 4.38. The third-order valence-electron chi connectivity index (χ3n) is 4.38. The lowest BCUT2D eigenvalue weighted by Crippen LogP contribution is -2.49. The van der Waals surface area contributed by atoms with Gasteiger partial charge in [0.05, 0.1) is 6.61 Å². The van der Waals surface area contributed by atoms with Gasteiger partial charge in [-0.2, -0.15) is 0 Å². The van der Waals surface area contributed by atoms with Gasteiger partial charge in [-0.05, 0) is 49.9 Å². The van der Waals surface area contributed by atoms with E-state index in [1.807, 2.05) is 31.2 Å². The van der Waals surface area contributed by atoms with Gasteiger partial charge in [-0.25, -0.2) is 0 Å². The van der Waals surface area contributed by atoms with Gasteiger partial charge < -0.3 is 9.84 Å². The number of hydrogen-bond donors (Lipinski definition) is 1. The molecule has 0 amide bonds. The lowest BCUT2D eigenvalue weighted by Gasteiger charge is -2.33. The Morgan fingerprint density at radius 1 is 1.33 bits per heavy atom. The summed E-state index contributed by atoms with van der Waals surface area (Å²) in [6.45, 7) is 6.32. The van der Waals surface area contributed by atoms with Gasteiger partial charge in [0.1, 0.15) is 11.3 Å². The van der Waals surface area contributed by atoms with Gasteiger partial charge in [0.25, 0.3) is 0 Å². The molecule has 0 bridgehead atoms. The van der Waals surface area contributed by atoms with E-state index in [-0.39, 0.29) is 0 Å². The summed E-state index contributed by atoms with van der Waals surface area (Å²) in [6, 6.07) is 8.00. The average Bonchev–Trinajstić information content (AvgIpc) is 2.90. The number of aliphatic carboxylic acids is 1. The van der Waals surface area contributed by atoms with Crippen LogP contribution in [0.2, 0.25) is 0 Å². The molecule has 1 aromatic carbocycles. The van der Waals surface area contributed by atoms with E-state index in [1.54, 1.807) is 0 Å². The molecule has 1 fully saturated rings. The second kappa shape index (κ2) is 6.94. The minimum Gasteiger partial charge on any atom is -0.494 e. The van der Waals surface area contributed by atoms with Gasteiger partial charge in [0.15, 0.2) is 0 Å². The fourth-order valence-electron chi connectivity index (χ4n) is 3.09. The van der Waals surface area contributed by atoms with E-state index >= 15 is 0 Å². The molecular weight excluding hydrogens is 266 g/mol. The Morgan fingerprint density at radius 2 is 2.05 bits per heavy atom. The Morgan fingerprint density at radius 3 is 2.62 bits per heavy atom. The average molecular weight is 291 g/mol. The number of hydrogen-bond acceptors (Lipinski definition) is 3. The summed E-state index contributed by atoms with van der Waals surface area (Å²) < 4.78 is 5.57. The predicted molar refractivity (Wildman–Crippen MR) is 82.5 cm³/mol. The molecule has 1 atom stereocenters. The van der Waals surface area contributed by atoms with Crippen molar-refractivity contribution in [3.8, 4) is 5.75 Å². The second-order valence-electron chi connectivity index (χ2n) is 5.71. The number of carboxylic acid groups (broad SMARTS) is 1. The van der Waals surface area contributed by atoms with Crippen molar-refractivity contribution in [3.63, 3.8) is 0 Å². The fourth-order valence-corrected chi connectivity index (χ4v) is 3.09. The van der Waals surface area contributed by atoms with E-state index in [4.69, 9.17) is 4.74 Å². The van der Waals surface area contributed by atoms with Crippen LogP contribution >= 0.6 is 0 Å². The number of ether oxygens (including phenoxy) is 1. The molecule has 1 aliphatic rings. The Balaban J connectivity index is 2.05. The molecule has 0 aromatic heterocycles. The van der Waals surface area contributed by atoms with Crippen molar-refractivity contribution in [2.45, 2.75) is 51.6 Å². The molecule has 1 N–H and O–H groups in total. The van der Waals surface area contributed by atoms with Crippen LogP contribution in [-0.4, -0.2) is 34.7 Å². The quantitative estimate of drug-likeness (QED) is 0.837. The summed E-state index contributed by atoms with van der Waals surface area (Å²) in [7, 11) is 0. The summed E-state index contributed by atoms with van der Waals surface area (Å²) in [5.41, 5.74) is 0.456. The largest absolute Gasteiger partial charge is 0.494 e. The SMILES string of the molecule is CCCOc1ccc(CN2CCCC2(CC)C(=O)O)cc1. The first kappa shape index (κ1) is 15.8. The number of likely N-dealkylation sites (tertiary alicyclic amines) is 1. The van der Waals surface area contributed by atoms with E-state index in [9.17, 15) is 9.90 Å². The van der Waals surface area contributed by atoms with Crippen LogP contribution in [0.25, 0.3) is 0 Å². The van der Waals surface area contributed by atoms with Crippen LogP contribution in [0.4, 0.5) is 0 Å². The molecule has 116 valence electrons. The highest BCUT2D eigenvalue weighted by Gasteiger charge is 2.45. The maximum absolute atomic E-state index is 11.7. The molecule has 0 aliphatic carbocycles. The molecule has 1 saturated heterocycles. The summed E-state index contributed by atoms with van der Waals surface area (Å²) in [6.07, 6.45) is 3.35. The highest BCUT2D eigenvalue weighted by atomic mass is 16.5. The molecule has 0 saturated carbocycles. The molecular formula is C17H25NO3. The fraction of sp³-hybridized carbons (Fsp3) is 0.588. The van der Waals surface area contributed by atoms with Crippen molar-refractivity contribution in [2.75, 3.05) is 13.2 Å². The van der Waals surface area contributed by atoms with E-state index < -0.39 is 11.5 Å². The van der Waals surface area contributed by atoms with Crippen molar-refractivity contribution in [3.05, 3.63) is 29.8 Å². The number of benzene rings is 1. The van der Waals surface area contributed by atoms with Crippen LogP contribution in [0, 0.1) is 0 Å². The first-order valence-corrected chi connectivity index (χ1v) is 7.82. The highest BCUT2D eigenvalue weighted by molar-refractivity contribution is 5.79. The molecule has 21 heavy (non-hydrogen) atoms. The third kappa shape index (κ3) is 3.38. The van der Waals surface area contributed by atoms with Crippen molar-refractivity contribution in [1.82, 2.24) is 4.90 Å². The molecule has 1 aromatic rings. The van der Waals surface area contributed by atoms with Crippen LogP contribution in [0.3, 0.4) is 0 Å². The van der Waals surface area contributed by atoms with Crippen molar-refractivity contribution < 1.29 is 14.6 Å². The maximum atomic E-state index is 11.7. The van der Waals surface area contributed by atoms with Crippen molar-refractivity contribution in [1.29, 1.82) is 0 Å². The molecule has 2 rings (SSSR count). The number of carboxylic acids is 1. The lowest BCUT2D eigenvalue weighted by atomic mass is 9.92. The topological polar surface area (TPSA) is 49.8 Å². The van der Waals surface area contributed by atoms with Crippen LogP contribution in [0.15, 0.2) is 24.3 Å². The van der Waals surface area contributed by atoms with Crippen LogP contribution < -0.4 is 4.74 Å². The smallest absolute Gasteiger partial charge is 0.324 e. The second-order valence-corrected chi connectivity index (χ2v) is 5.71. The minimum absolute atomic E-state index is 0.653. The van der Waals surface area contributed by atoms with Gasteiger partial charge >= 0.3 is 5.97 Å². The van der Waals surface area contributed by atoms with Crippen LogP contribution in [-0.2, 0) is 11.3 Å². The standard InChI is InChI=1S/C17H25NO3/c1-3-12-21-15-8-6-14(7-9-15)13-18-11-5-10-17(18,4-2)16(19)20/h6-9H,3-5,10-13H2,1-2H3,(H,19,20). The molecule has 4 nitrogen and oxygen atoms in total. The number of nitrogens with zero attached hydrogens (tertiary/aromatic N) is 1. The molecule has 0 radical (unpaired) electrons. The van der Waals surface area contributed by atoms with Gasteiger partial charge in [0.2, 0.25) is 0 Å². The Hall–Kier alpha value is -1.55. The van der Waals surface area contributed by atoms with Gasteiger partial charge in [0, 0.05) is 6.54 Å². The maximum Gasteiger partial charge on any atom is 0.324 e. The van der Waals surface area contributed by atoms with Gasteiger partial charge in [-0.1, -0.05) is 26.0 Å². The summed E-state index contributed by atoms with van der Waals surface area (Å²) in [5, 5.41) is 9.59.